The molecule has 0 saturated heterocycles. The van der Waals surface area contributed by atoms with E-state index in [-0.39, 0.29) is 25.9 Å². The summed E-state index contributed by atoms with van der Waals surface area (Å²) >= 11 is -0.638. The van der Waals surface area contributed by atoms with E-state index in [1.54, 1.807) is 29.7 Å². The van der Waals surface area contributed by atoms with Gasteiger partial charge >= 0.3 is 150 Å². The molecule has 10 aromatic rings. The average molecular weight is 1100 g/mol. The molecule has 0 N–H and O–H groups in total. The first-order valence-electron chi connectivity index (χ1n) is 22.6. The molecular formula is C56H49FGeIrN4S-2. The average Bonchev–Trinajstić information content (AvgIpc) is 3.84. The minimum Gasteiger partial charge on any atom is 0 e. The fraction of sp³-hybridized carbons (Fsp3) is 0.161. The quantitative estimate of drug-likeness (QED) is 0.123. The summed E-state index contributed by atoms with van der Waals surface area (Å²) in [5, 5.41) is 2.44. The van der Waals surface area contributed by atoms with Crippen LogP contribution < -0.4 is 4.40 Å². The Bertz CT molecular complexity index is 3440. The summed E-state index contributed by atoms with van der Waals surface area (Å²) in [6, 6.07) is 46.1. The summed E-state index contributed by atoms with van der Waals surface area (Å²) in [7, 11) is 0. The molecule has 0 spiro atoms. The Morgan fingerprint density at radius 2 is 1.41 bits per heavy atom. The summed E-state index contributed by atoms with van der Waals surface area (Å²) < 4.78 is 43.7. The van der Waals surface area contributed by atoms with Crippen molar-refractivity contribution in [3.63, 3.8) is 0 Å². The predicted molar refractivity (Wildman–Crippen MR) is 267 cm³/mol. The molecule has 0 fully saturated rings. The van der Waals surface area contributed by atoms with Gasteiger partial charge in [0, 0.05) is 42.3 Å². The van der Waals surface area contributed by atoms with Crippen LogP contribution in [-0.2, 0) is 20.1 Å². The van der Waals surface area contributed by atoms with Crippen molar-refractivity contribution in [2.24, 2.45) is 0 Å². The summed E-state index contributed by atoms with van der Waals surface area (Å²) in [5.41, 5.74) is 15.4. The van der Waals surface area contributed by atoms with E-state index >= 15 is 0 Å². The van der Waals surface area contributed by atoms with Crippen LogP contribution in [0.1, 0.15) is 37.5 Å². The largest absolute Gasteiger partial charge is 0 e. The van der Waals surface area contributed by atoms with Crippen LogP contribution in [0.25, 0.3) is 81.9 Å². The van der Waals surface area contributed by atoms with Gasteiger partial charge in [-0.15, -0.1) is 18.2 Å². The number of pyridine rings is 2. The van der Waals surface area contributed by atoms with Crippen LogP contribution in [0.15, 0.2) is 134 Å². The zero-order valence-electron chi connectivity index (χ0n) is 40.1. The van der Waals surface area contributed by atoms with Gasteiger partial charge in [0.25, 0.3) is 0 Å². The number of hydrogen-bond donors (Lipinski definition) is 0. The van der Waals surface area contributed by atoms with Gasteiger partial charge in [0.15, 0.2) is 0 Å². The minimum absolute atomic E-state index is 0. The van der Waals surface area contributed by atoms with E-state index in [0.717, 1.165) is 38.1 Å². The Balaban J connectivity index is 0.000000192. The zero-order chi connectivity index (χ0) is 46.7. The predicted octanol–water partition coefficient (Wildman–Crippen LogP) is 14.7. The van der Waals surface area contributed by atoms with Crippen molar-refractivity contribution in [1.82, 2.24) is 19.5 Å². The fourth-order valence-electron chi connectivity index (χ4n) is 8.77. The molecule has 10 rings (SSSR count). The van der Waals surface area contributed by atoms with Crippen molar-refractivity contribution >= 4 is 60.2 Å². The first-order chi connectivity index (χ1) is 31.5. The second-order valence-corrected chi connectivity index (χ2v) is 29.0. The third-order valence-electron chi connectivity index (χ3n) is 11.7. The molecule has 0 saturated carbocycles. The van der Waals surface area contributed by atoms with Gasteiger partial charge in [-0.1, -0.05) is 59.0 Å². The van der Waals surface area contributed by atoms with Gasteiger partial charge in [-0.3, -0.25) is 9.97 Å². The molecule has 0 atom stereocenters. The maximum Gasteiger partial charge on any atom is 0 e. The minimum atomic E-state index is -2.41. The maximum atomic E-state index is 14.3. The molecule has 4 nitrogen and oxygen atoms in total. The summed E-state index contributed by atoms with van der Waals surface area (Å²) in [6.07, 6.45) is 3.72. The Labute approximate surface area is 400 Å². The van der Waals surface area contributed by atoms with Crippen LogP contribution in [-0.4, -0.2) is 32.8 Å². The summed E-state index contributed by atoms with van der Waals surface area (Å²) in [6.45, 7) is 8.64. The van der Waals surface area contributed by atoms with E-state index in [2.05, 4.69) is 140 Å². The number of aromatic nitrogens is 4. The molecule has 6 aromatic carbocycles. The van der Waals surface area contributed by atoms with E-state index in [1.807, 2.05) is 42.6 Å². The number of imidazole rings is 1. The SMILES string of the molecule is Cc1cc(C)c(-c2cc3c(cn2)sc2c(-c4nc5ccccc5n4-c4c(C)cccc4C)[c-]ccc23)c(C)c1.[2H]C([2H])([2H])c1cc(-c2[c-]cc(F)c(-c3ccccc3)c2)nc[c]1[Ge]([CH3])([CH3])[CH3].[Ir]. The normalized spacial score (nSPS) is 12.4. The molecule has 4 heterocycles. The summed E-state index contributed by atoms with van der Waals surface area (Å²) in [4.78, 5) is 14.6. The number of rotatable bonds is 6. The number of para-hydroxylation sites is 3. The van der Waals surface area contributed by atoms with Crippen molar-refractivity contribution in [3.05, 3.63) is 185 Å². The zero-order valence-corrected chi connectivity index (χ0v) is 42.4. The number of halogens is 1. The molecule has 8 heteroatoms. The van der Waals surface area contributed by atoms with Gasteiger partial charge in [0.2, 0.25) is 0 Å². The standard InChI is InChI=1S/C35H28N3S.C21H21FGeN.Ir/c1-20-16-23(4)32(24(5)17-20)29-18-27-25-12-9-13-26(34(25)39-31(27)19-36-29)35-37-28-14-6-7-15-30(28)38(35)33-21(2)10-8-11-22(33)3;1-15-12-21(24-14-20(15)23(2,3)4)17-10-11-19(22)18(13-17)16-8-6-5-7-9-16;/h6-12,14-19H,1-5H3;5-9,11-14H,1-4H3;/q2*-1;/i;1D3;. The molecule has 64 heavy (non-hydrogen) atoms. The maximum absolute atomic E-state index is 14.3. The molecule has 0 bridgehead atoms. The molecular weight excluding hydrogens is 1040 g/mol. The van der Waals surface area contributed by atoms with E-state index in [9.17, 15) is 4.39 Å². The molecule has 1 radical (unpaired) electrons. The number of benzene rings is 6. The van der Waals surface area contributed by atoms with E-state index < -0.39 is 20.1 Å². The van der Waals surface area contributed by atoms with Crippen molar-refractivity contribution in [2.45, 2.75) is 58.7 Å². The van der Waals surface area contributed by atoms with Crippen LogP contribution in [0.3, 0.4) is 0 Å². The number of aryl methyl sites for hydroxylation is 6. The van der Waals surface area contributed by atoms with E-state index in [1.165, 1.54) is 65.3 Å². The van der Waals surface area contributed by atoms with Crippen LogP contribution >= 0.6 is 11.3 Å². The number of nitrogens with zero attached hydrogens (tertiary/aromatic N) is 4. The van der Waals surface area contributed by atoms with Crippen molar-refractivity contribution in [1.29, 1.82) is 0 Å². The second kappa shape index (κ2) is 18.1. The van der Waals surface area contributed by atoms with Gasteiger partial charge in [-0.05, 0) is 85.2 Å². The molecule has 0 unspecified atom stereocenters. The van der Waals surface area contributed by atoms with Gasteiger partial charge in [-0.2, -0.15) is 11.3 Å². The Morgan fingerprint density at radius 1 is 0.703 bits per heavy atom. The van der Waals surface area contributed by atoms with Gasteiger partial charge in [0.1, 0.15) is 0 Å². The molecule has 0 aliphatic carbocycles. The monoisotopic (exact) mass is 1100 g/mol. The second-order valence-electron chi connectivity index (χ2n) is 17.4. The fourth-order valence-corrected chi connectivity index (χ4v) is 12.7. The molecule has 4 aromatic heterocycles. The Kier molecular flexibility index (Phi) is 11.7. The van der Waals surface area contributed by atoms with E-state index in [0.29, 0.717) is 22.4 Å². The number of thiophene rings is 1. The molecule has 0 aliphatic heterocycles. The summed E-state index contributed by atoms with van der Waals surface area (Å²) in [5.74, 6) is 6.97. The van der Waals surface area contributed by atoms with Crippen LogP contribution in [0.5, 0.6) is 0 Å². The third kappa shape index (κ3) is 8.55. The van der Waals surface area contributed by atoms with Crippen LogP contribution in [0.2, 0.25) is 17.3 Å². The van der Waals surface area contributed by atoms with Gasteiger partial charge in [0.05, 0.1) is 22.6 Å². The van der Waals surface area contributed by atoms with E-state index in [4.69, 9.17) is 14.1 Å². The van der Waals surface area contributed by atoms with Crippen LogP contribution in [0.4, 0.5) is 4.39 Å². The first kappa shape index (κ1) is 41.2. The number of hydrogen-bond acceptors (Lipinski definition) is 4. The molecule has 321 valence electrons. The van der Waals surface area contributed by atoms with Crippen molar-refractivity contribution in [2.75, 3.05) is 0 Å². The topological polar surface area (TPSA) is 43.6 Å². The van der Waals surface area contributed by atoms with Crippen molar-refractivity contribution in [3.8, 4) is 50.7 Å². The molecule has 0 amide bonds. The Hall–Kier alpha value is -5.57. The van der Waals surface area contributed by atoms with Crippen LogP contribution in [0, 0.1) is 59.4 Å². The molecule has 0 aliphatic rings. The number of fused-ring (bicyclic) bond motifs is 4. The van der Waals surface area contributed by atoms with Crippen molar-refractivity contribution < 1.29 is 28.6 Å². The van der Waals surface area contributed by atoms with Gasteiger partial charge < -0.3 is 4.57 Å². The first-order valence-corrected chi connectivity index (χ1v) is 29.3. The third-order valence-corrected chi connectivity index (χ3v) is 17.1. The Morgan fingerprint density at radius 3 is 2.12 bits per heavy atom. The van der Waals surface area contributed by atoms with Gasteiger partial charge in [-0.25, -0.2) is 0 Å². The smallest absolute Gasteiger partial charge is 0 e.